The molecule has 0 bridgehead atoms. The van der Waals surface area contributed by atoms with Crippen molar-refractivity contribution in [3.63, 3.8) is 0 Å². The summed E-state index contributed by atoms with van der Waals surface area (Å²) in [6.45, 7) is 2.03. The predicted molar refractivity (Wildman–Crippen MR) is 94.8 cm³/mol. The second-order valence-electron chi connectivity index (χ2n) is 6.02. The van der Waals surface area contributed by atoms with Gasteiger partial charge in [-0.1, -0.05) is 29.8 Å². The second kappa shape index (κ2) is 6.13. The van der Waals surface area contributed by atoms with Crippen LogP contribution in [0.3, 0.4) is 0 Å². The smallest absolute Gasteiger partial charge is 0.262 e. The Kier molecular flexibility index (Phi) is 4.18. The molecule has 1 aliphatic rings. The van der Waals surface area contributed by atoms with Crippen molar-refractivity contribution >= 4 is 28.9 Å². The van der Waals surface area contributed by atoms with E-state index in [2.05, 4.69) is 5.43 Å². The van der Waals surface area contributed by atoms with Crippen molar-refractivity contribution in [1.82, 2.24) is 5.01 Å². The molecule has 2 unspecified atom stereocenters. The number of benzene rings is 2. The van der Waals surface area contributed by atoms with Crippen LogP contribution >= 0.6 is 11.6 Å². The van der Waals surface area contributed by atoms with Crippen LogP contribution in [-0.4, -0.2) is 30.4 Å². The molecule has 0 aromatic heterocycles. The van der Waals surface area contributed by atoms with Gasteiger partial charge in [0.05, 0.1) is 5.69 Å². The number of carbonyl (C=O) groups is 1. The fourth-order valence-electron chi connectivity index (χ4n) is 2.63. The van der Waals surface area contributed by atoms with Crippen LogP contribution in [-0.2, 0) is 4.79 Å². The number of β-lactam (4-membered cyclic amide) rings is 1. The number of halogens is 1. The fourth-order valence-corrected chi connectivity index (χ4v) is 3.00. The Labute approximate surface area is 141 Å². The number of amides is 1. The van der Waals surface area contributed by atoms with E-state index in [1.807, 2.05) is 74.4 Å². The van der Waals surface area contributed by atoms with Gasteiger partial charge in [0.1, 0.15) is 11.4 Å². The lowest BCUT2D eigenvalue weighted by molar-refractivity contribution is -0.143. The Morgan fingerprint density at radius 1 is 1.04 bits per heavy atom. The highest BCUT2D eigenvalue weighted by Crippen LogP contribution is 2.39. The van der Waals surface area contributed by atoms with E-state index >= 15 is 0 Å². The lowest BCUT2D eigenvalue weighted by Gasteiger charge is -2.44. The van der Waals surface area contributed by atoms with Crippen LogP contribution in [0.4, 0.5) is 11.4 Å². The van der Waals surface area contributed by atoms with Crippen LogP contribution in [0.5, 0.6) is 0 Å². The van der Waals surface area contributed by atoms with Gasteiger partial charge in [0, 0.05) is 19.8 Å². The van der Waals surface area contributed by atoms with Gasteiger partial charge in [-0.3, -0.25) is 10.2 Å². The molecule has 23 heavy (non-hydrogen) atoms. The van der Waals surface area contributed by atoms with Crippen LogP contribution in [0, 0.1) is 6.92 Å². The summed E-state index contributed by atoms with van der Waals surface area (Å²) in [5.74, 6) is -0.103. The minimum Gasteiger partial charge on any atom is -0.378 e. The maximum absolute atomic E-state index is 12.1. The molecule has 0 spiro atoms. The molecule has 1 fully saturated rings. The largest absolute Gasteiger partial charge is 0.378 e. The Bertz CT molecular complexity index is 697. The molecule has 0 radical (unpaired) electrons. The first kappa shape index (κ1) is 15.7. The van der Waals surface area contributed by atoms with Crippen molar-refractivity contribution in [2.75, 3.05) is 24.4 Å². The van der Waals surface area contributed by atoms with E-state index in [9.17, 15) is 4.79 Å². The lowest BCUT2D eigenvalue weighted by Crippen LogP contribution is -2.58. The lowest BCUT2D eigenvalue weighted by atomic mass is 9.95. The number of hydrogen-bond donors (Lipinski definition) is 1. The van der Waals surface area contributed by atoms with Crippen molar-refractivity contribution in [3.8, 4) is 0 Å². The molecule has 1 aliphatic heterocycles. The van der Waals surface area contributed by atoms with Crippen molar-refractivity contribution in [2.45, 2.75) is 18.3 Å². The minimum atomic E-state index is -0.529. The van der Waals surface area contributed by atoms with Crippen LogP contribution in [0.1, 0.15) is 17.2 Å². The third kappa shape index (κ3) is 2.99. The van der Waals surface area contributed by atoms with Gasteiger partial charge < -0.3 is 4.90 Å². The van der Waals surface area contributed by atoms with E-state index in [1.54, 1.807) is 5.01 Å². The molecule has 2 atom stereocenters. The first-order valence-electron chi connectivity index (χ1n) is 7.55. The number of aryl methyl sites for hydroxylation is 1. The summed E-state index contributed by atoms with van der Waals surface area (Å²) in [5.41, 5.74) is 7.35. The van der Waals surface area contributed by atoms with Crippen LogP contribution in [0.25, 0.3) is 0 Å². The molecule has 2 aromatic rings. The average Bonchev–Trinajstić information content (AvgIpc) is 2.56. The Balaban J connectivity index is 1.79. The monoisotopic (exact) mass is 329 g/mol. The molecular weight excluding hydrogens is 310 g/mol. The zero-order chi connectivity index (χ0) is 16.6. The van der Waals surface area contributed by atoms with E-state index in [-0.39, 0.29) is 11.9 Å². The Hall–Kier alpha value is -2.20. The van der Waals surface area contributed by atoms with Crippen molar-refractivity contribution in [2.24, 2.45) is 0 Å². The van der Waals surface area contributed by atoms with Gasteiger partial charge >= 0.3 is 0 Å². The van der Waals surface area contributed by atoms with E-state index < -0.39 is 5.38 Å². The number of nitrogens with zero attached hydrogens (tertiary/aromatic N) is 2. The first-order chi connectivity index (χ1) is 11.0. The first-order valence-corrected chi connectivity index (χ1v) is 7.99. The molecule has 1 saturated heterocycles. The van der Waals surface area contributed by atoms with Crippen molar-refractivity contribution < 1.29 is 4.79 Å². The standard InChI is InChI=1S/C18H20ClN3O/c1-12-4-8-14(9-5-12)20-22-17(16(19)18(22)23)13-6-10-15(11-7-13)21(2)3/h4-11,16-17,20H,1-3H3. The maximum atomic E-state index is 12.1. The minimum absolute atomic E-state index is 0.103. The molecule has 0 aliphatic carbocycles. The molecule has 5 heteroatoms. The van der Waals surface area contributed by atoms with E-state index in [0.29, 0.717) is 0 Å². The summed E-state index contributed by atoms with van der Waals surface area (Å²) >= 11 is 6.25. The SMILES string of the molecule is Cc1ccc(NN2C(=O)C(Cl)C2c2ccc(N(C)C)cc2)cc1. The summed E-state index contributed by atoms with van der Waals surface area (Å²) < 4.78 is 0. The van der Waals surface area contributed by atoms with E-state index in [1.165, 1.54) is 5.56 Å². The Morgan fingerprint density at radius 3 is 2.22 bits per heavy atom. The summed E-state index contributed by atoms with van der Waals surface area (Å²) in [6, 6.07) is 15.9. The number of hydrogen-bond acceptors (Lipinski definition) is 3. The summed E-state index contributed by atoms with van der Waals surface area (Å²) in [5, 5.41) is 1.07. The molecule has 1 heterocycles. The molecule has 2 aromatic carbocycles. The predicted octanol–water partition coefficient (Wildman–Crippen LogP) is 3.58. The molecule has 3 rings (SSSR count). The number of rotatable bonds is 4. The van der Waals surface area contributed by atoms with Gasteiger partial charge in [-0.25, -0.2) is 5.01 Å². The number of nitrogens with one attached hydrogen (secondary N) is 1. The quantitative estimate of drug-likeness (QED) is 0.688. The summed E-state index contributed by atoms with van der Waals surface area (Å²) in [4.78, 5) is 14.2. The normalized spacial score (nSPS) is 20.2. The fraction of sp³-hybridized carbons (Fsp3) is 0.278. The molecule has 120 valence electrons. The van der Waals surface area contributed by atoms with Crippen LogP contribution in [0.2, 0.25) is 0 Å². The maximum Gasteiger partial charge on any atom is 0.262 e. The van der Waals surface area contributed by atoms with Gasteiger partial charge in [0.2, 0.25) is 0 Å². The summed E-state index contributed by atoms with van der Waals surface area (Å²) in [7, 11) is 4.00. The van der Waals surface area contributed by atoms with Crippen molar-refractivity contribution in [1.29, 1.82) is 0 Å². The number of hydrazine groups is 1. The zero-order valence-electron chi connectivity index (χ0n) is 13.5. The van der Waals surface area contributed by atoms with Crippen molar-refractivity contribution in [3.05, 3.63) is 59.7 Å². The third-order valence-electron chi connectivity index (χ3n) is 4.08. The highest BCUT2D eigenvalue weighted by molar-refractivity contribution is 6.33. The highest BCUT2D eigenvalue weighted by Gasteiger charge is 2.47. The number of alkyl halides is 1. The van der Waals surface area contributed by atoms with Gasteiger partial charge in [-0.05, 0) is 36.8 Å². The van der Waals surface area contributed by atoms with Gasteiger partial charge in [0.25, 0.3) is 5.91 Å². The van der Waals surface area contributed by atoms with E-state index in [0.717, 1.165) is 16.9 Å². The molecular formula is C18H20ClN3O. The van der Waals surface area contributed by atoms with Gasteiger partial charge in [-0.2, -0.15) is 0 Å². The molecule has 4 nitrogen and oxygen atoms in total. The Morgan fingerprint density at radius 2 is 1.65 bits per heavy atom. The zero-order valence-corrected chi connectivity index (χ0v) is 14.2. The van der Waals surface area contributed by atoms with Crippen LogP contribution < -0.4 is 10.3 Å². The summed E-state index contributed by atoms with van der Waals surface area (Å²) in [6.07, 6.45) is 0. The molecule has 1 N–H and O–H groups in total. The van der Waals surface area contributed by atoms with Crippen LogP contribution in [0.15, 0.2) is 48.5 Å². The van der Waals surface area contributed by atoms with E-state index in [4.69, 9.17) is 11.6 Å². The second-order valence-corrected chi connectivity index (χ2v) is 6.49. The highest BCUT2D eigenvalue weighted by atomic mass is 35.5. The third-order valence-corrected chi connectivity index (χ3v) is 4.51. The number of carbonyl (C=O) groups excluding carboxylic acids is 1. The molecule has 0 saturated carbocycles. The molecule has 1 amide bonds. The topological polar surface area (TPSA) is 35.6 Å². The average molecular weight is 330 g/mol. The number of anilines is 2. The van der Waals surface area contributed by atoms with Gasteiger partial charge in [-0.15, -0.1) is 11.6 Å². The van der Waals surface area contributed by atoms with Gasteiger partial charge in [0.15, 0.2) is 0 Å².